The van der Waals surface area contributed by atoms with E-state index in [1.807, 2.05) is 36.3 Å². The van der Waals surface area contributed by atoms with Crippen molar-refractivity contribution in [2.75, 3.05) is 0 Å². The van der Waals surface area contributed by atoms with E-state index < -0.39 is 0 Å². The van der Waals surface area contributed by atoms with Crippen LogP contribution in [0.3, 0.4) is 0 Å². The Morgan fingerprint density at radius 1 is 1.26 bits per heavy atom. The number of amides is 1. The number of rotatable bonds is 9. The van der Waals surface area contributed by atoms with E-state index in [4.69, 9.17) is 4.42 Å². The van der Waals surface area contributed by atoms with Gasteiger partial charge in [-0.05, 0) is 37.1 Å². The first-order chi connectivity index (χ1) is 11.2. The summed E-state index contributed by atoms with van der Waals surface area (Å²) in [5.74, 6) is 1.17. The highest BCUT2D eigenvalue weighted by Gasteiger charge is 2.24. The number of furan rings is 1. The summed E-state index contributed by atoms with van der Waals surface area (Å²) in [6, 6.07) is 7.88. The van der Waals surface area contributed by atoms with Crippen LogP contribution in [0, 0.1) is 5.92 Å². The van der Waals surface area contributed by atoms with Gasteiger partial charge in [-0.25, -0.2) is 0 Å². The van der Waals surface area contributed by atoms with Crippen LogP contribution >= 0.6 is 0 Å². The molecule has 23 heavy (non-hydrogen) atoms. The number of aryl methyl sites for hydroxylation is 1. The Hall–Kier alpha value is -1.97. The normalized spacial score (nSPS) is 12.3. The van der Waals surface area contributed by atoms with E-state index in [2.05, 4.69) is 24.5 Å². The van der Waals surface area contributed by atoms with Crippen LogP contribution in [0.2, 0.25) is 0 Å². The molecule has 126 valence electrons. The molecule has 1 amide bonds. The SMILES string of the molecule is CCCCC(CC)C(=O)N(Cc1ccco1)Cc1cccn1C. The molecule has 2 aromatic heterocycles. The Kier molecular flexibility index (Phi) is 6.51. The van der Waals surface area contributed by atoms with Gasteiger partial charge in [-0.15, -0.1) is 0 Å². The smallest absolute Gasteiger partial charge is 0.226 e. The van der Waals surface area contributed by atoms with Gasteiger partial charge >= 0.3 is 0 Å². The van der Waals surface area contributed by atoms with Crippen LogP contribution in [0.15, 0.2) is 41.1 Å². The zero-order valence-corrected chi connectivity index (χ0v) is 14.5. The maximum atomic E-state index is 13.0. The lowest BCUT2D eigenvalue weighted by molar-refractivity contribution is -0.137. The Morgan fingerprint density at radius 3 is 2.65 bits per heavy atom. The molecule has 1 unspecified atom stereocenters. The first-order valence-electron chi connectivity index (χ1n) is 8.57. The molecule has 2 rings (SSSR count). The quantitative estimate of drug-likeness (QED) is 0.689. The monoisotopic (exact) mass is 316 g/mol. The van der Waals surface area contributed by atoms with Crippen molar-refractivity contribution >= 4 is 5.91 Å². The van der Waals surface area contributed by atoms with E-state index >= 15 is 0 Å². The van der Waals surface area contributed by atoms with Gasteiger partial charge in [0.25, 0.3) is 0 Å². The summed E-state index contributed by atoms with van der Waals surface area (Å²) in [5, 5.41) is 0. The van der Waals surface area contributed by atoms with Gasteiger partial charge in [0.1, 0.15) is 5.76 Å². The predicted octanol–water partition coefficient (Wildman–Crippen LogP) is 4.36. The molecule has 2 aromatic rings. The van der Waals surface area contributed by atoms with Crippen LogP contribution in [0.25, 0.3) is 0 Å². The molecule has 0 saturated heterocycles. The van der Waals surface area contributed by atoms with Crippen molar-refractivity contribution < 1.29 is 9.21 Å². The predicted molar refractivity (Wildman–Crippen MR) is 91.7 cm³/mol. The van der Waals surface area contributed by atoms with Gasteiger partial charge in [0.05, 0.1) is 19.4 Å². The highest BCUT2D eigenvalue weighted by molar-refractivity contribution is 5.78. The minimum absolute atomic E-state index is 0.102. The topological polar surface area (TPSA) is 38.4 Å². The van der Waals surface area contributed by atoms with Gasteiger partial charge in [-0.2, -0.15) is 0 Å². The van der Waals surface area contributed by atoms with E-state index in [9.17, 15) is 4.79 Å². The fourth-order valence-electron chi connectivity index (χ4n) is 2.87. The lowest BCUT2D eigenvalue weighted by Crippen LogP contribution is -2.35. The van der Waals surface area contributed by atoms with Crippen molar-refractivity contribution in [1.82, 2.24) is 9.47 Å². The van der Waals surface area contributed by atoms with Crippen LogP contribution in [0.4, 0.5) is 0 Å². The average Bonchev–Trinajstić information content (AvgIpc) is 3.19. The number of aromatic nitrogens is 1. The maximum absolute atomic E-state index is 13.0. The van der Waals surface area contributed by atoms with Gasteiger partial charge < -0.3 is 13.9 Å². The molecule has 0 spiro atoms. The summed E-state index contributed by atoms with van der Waals surface area (Å²) in [4.78, 5) is 14.9. The van der Waals surface area contributed by atoms with Crippen LogP contribution < -0.4 is 0 Å². The summed E-state index contributed by atoms with van der Waals surface area (Å²) in [6.07, 6.45) is 7.76. The number of nitrogens with zero attached hydrogens (tertiary/aromatic N) is 2. The van der Waals surface area contributed by atoms with E-state index in [-0.39, 0.29) is 11.8 Å². The summed E-state index contributed by atoms with van der Waals surface area (Å²) in [5.41, 5.74) is 1.13. The summed E-state index contributed by atoms with van der Waals surface area (Å²) < 4.78 is 7.52. The van der Waals surface area contributed by atoms with Crippen LogP contribution in [-0.2, 0) is 24.9 Å². The van der Waals surface area contributed by atoms with Crippen molar-refractivity contribution in [1.29, 1.82) is 0 Å². The van der Waals surface area contributed by atoms with Crippen molar-refractivity contribution in [2.24, 2.45) is 13.0 Å². The average molecular weight is 316 g/mol. The number of unbranched alkanes of at least 4 members (excludes halogenated alkanes) is 1. The lowest BCUT2D eigenvalue weighted by Gasteiger charge is -2.26. The Bertz CT molecular complexity index is 586. The van der Waals surface area contributed by atoms with E-state index in [1.165, 1.54) is 0 Å². The molecular weight excluding hydrogens is 288 g/mol. The van der Waals surface area contributed by atoms with Gasteiger partial charge in [-0.3, -0.25) is 4.79 Å². The van der Waals surface area contributed by atoms with Gasteiger partial charge in [-0.1, -0.05) is 26.7 Å². The molecule has 4 heteroatoms. The van der Waals surface area contributed by atoms with Gasteiger partial charge in [0.15, 0.2) is 0 Å². The molecule has 1 atom stereocenters. The molecule has 2 heterocycles. The fourth-order valence-corrected chi connectivity index (χ4v) is 2.87. The third kappa shape index (κ3) is 4.75. The Labute approximate surface area is 139 Å². The van der Waals surface area contributed by atoms with Crippen LogP contribution in [0.5, 0.6) is 0 Å². The van der Waals surface area contributed by atoms with Crippen LogP contribution in [0.1, 0.15) is 51.0 Å². The van der Waals surface area contributed by atoms with Crippen molar-refractivity contribution in [2.45, 2.75) is 52.6 Å². The molecule has 0 aromatic carbocycles. The Morgan fingerprint density at radius 2 is 2.09 bits per heavy atom. The summed E-state index contributed by atoms with van der Waals surface area (Å²) >= 11 is 0. The minimum Gasteiger partial charge on any atom is -0.467 e. The first-order valence-corrected chi connectivity index (χ1v) is 8.57. The van der Waals surface area contributed by atoms with E-state index in [1.54, 1.807) is 6.26 Å². The standard InChI is InChI=1S/C19H28N2O2/c1-4-6-9-16(5-2)19(22)21(15-18-11-8-13-23-18)14-17-10-7-12-20(17)3/h7-8,10-13,16H,4-6,9,14-15H2,1-3H3. The molecule has 0 N–H and O–H groups in total. The fraction of sp³-hybridized carbons (Fsp3) is 0.526. The number of hydrogen-bond donors (Lipinski definition) is 0. The van der Waals surface area contributed by atoms with Crippen molar-refractivity contribution in [3.63, 3.8) is 0 Å². The van der Waals surface area contributed by atoms with Crippen LogP contribution in [-0.4, -0.2) is 15.4 Å². The molecule has 0 fully saturated rings. The third-order valence-electron chi connectivity index (χ3n) is 4.39. The maximum Gasteiger partial charge on any atom is 0.226 e. The minimum atomic E-state index is 0.102. The van der Waals surface area contributed by atoms with Crippen molar-refractivity contribution in [3.8, 4) is 0 Å². The number of hydrogen-bond acceptors (Lipinski definition) is 2. The second-order valence-electron chi connectivity index (χ2n) is 6.13. The molecule has 4 nitrogen and oxygen atoms in total. The highest BCUT2D eigenvalue weighted by Crippen LogP contribution is 2.20. The number of carbonyl (C=O) groups excluding carboxylic acids is 1. The highest BCUT2D eigenvalue weighted by atomic mass is 16.3. The molecular formula is C19H28N2O2. The second kappa shape index (κ2) is 8.61. The van der Waals surface area contributed by atoms with E-state index in [0.29, 0.717) is 13.1 Å². The van der Waals surface area contributed by atoms with Gasteiger partial charge in [0.2, 0.25) is 5.91 Å². The molecule has 0 aliphatic rings. The summed E-state index contributed by atoms with van der Waals surface area (Å²) in [7, 11) is 2.01. The Balaban J connectivity index is 2.14. The second-order valence-corrected chi connectivity index (χ2v) is 6.13. The third-order valence-corrected chi connectivity index (χ3v) is 4.39. The molecule has 0 radical (unpaired) electrons. The van der Waals surface area contributed by atoms with Crippen molar-refractivity contribution in [3.05, 3.63) is 48.2 Å². The first kappa shape index (κ1) is 17.4. The molecule has 0 aliphatic heterocycles. The largest absolute Gasteiger partial charge is 0.467 e. The number of carbonyl (C=O) groups is 1. The summed E-state index contributed by atoms with van der Waals surface area (Å²) in [6.45, 7) is 5.42. The lowest BCUT2D eigenvalue weighted by atomic mass is 9.97. The van der Waals surface area contributed by atoms with E-state index in [0.717, 1.165) is 37.1 Å². The van der Waals surface area contributed by atoms with Gasteiger partial charge in [0, 0.05) is 24.9 Å². The zero-order chi connectivity index (χ0) is 16.7. The zero-order valence-electron chi connectivity index (χ0n) is 14.5. The molecule has 0 aliphatic carbocycles. The molecule has 0 saturated carbocycles. The molecule has 0 bridgehead atoms.